The van der Waals surface area contributed by atoms with E-state index in [1.807, 2.05) is 30.7 Å². The minimum Gasteiger partial charge on any atom is -0.321 e. The third-order valence-corrected chi connectivity index (χ3v) is 5.59. The maximum atomic E-state index is 13.6. The van der Waals surface area contributed by atoms with Gasteiger partial charge in [-0.2, -0.15) is 23.4 Å². The Bertz CT molecular complexity index is 1370. The van der Waals surface area contributed by atoms with Gasteiger partial charge in [0.05, 0.1) is 12.2 Å². The number of carbonyl (C=O) groups excluding carboxylic acids is 1. The fraction of sp³-hybridized carbons (Fsp3) is 0.304. The Morgan fingerprint density at radius 3 is 2.58 bits per heavy atom. The van der Waals surface area contributed by atoms with Crippen molar-refractivity contribution >= 4 is 17.2 Å². The van der Waals surface area contributed by atoms with E-state index in [1.165, 1.54) is 6.07 Å². The number of anilines is 1. The van der Waals surface area contributed by atoms with Crippen LogP contribution in [0.3, 0.4) is 0 Å². The summed E-state index contributed by atoms with van der Waals surface area (Å²) in [6.45, 7) is 4.41. The van der Waals surface area contributed by atoms with Crippen molar-refractivity contribution in [3.63, 3.8) is 0 Å². The highest BCUT2D eigenvalue weighted by Crippen LogP contribution is 2.41. The standard InChI is InChI=1S/C23H21F3N6O/c1-13-8-14(2)31(29-13)12-15-4-3-5-17(9-15)27-22(33)19-11-21-28-18(16-6-7-16)10-20(23(24,25)26)32(21)30-19/h3-5,8-11,16H,6-7,12H2,1-2H3,(H,27,33). The lowest BCUT2D eigenvalue weighted by Crippen LogP contribution is -2.16. The van der Waals surface area contributed by atoms with Gasteiger partial charge in [0.1, 0.15) is 5.69 Å². The summed E-state index contributed by atoms with van der Waals surface area (Å²) in [7, 11) is 0. The van der Waals surface area contributed by atoms with Crippen molar-refractivity contribution in [2.45, 2.75) is 45.3 Å². The molecule has 33 heavy (non-hydrogen) atoms. The number of amides is 1. The number of nitrogens with one attached hydrogen (secondary N) is 1. The predicted octanol–water partition coefficient (Wildman–Crippen LogP) is 4.74. The van der Waals surface area contributed by atoms with E-state index in [-0.39, 0.29) is 17.3 Å². The maximum Gasteiger partial charge on any atom is 0.433 e. The lowest BCUT2D eigenvalue weighted by atomic mass is 10.2. The number of aromatic nitrogens is 5. The van der Waals surface area contributed by atoms with E-state index in [9.17, 15) is 18.0 Å². The van der Waals surface area contributed by atoms with Crippen LogP contribution in [-0.2, 0) is 12.7 Å². The number of hydrogen-bond acceptors (Lipinski definition) is 4. The summed E-state index contributed by atoms with van der Waals surface area (Å²) >= 11 is 0. The van der Waals surface area contributed by atoms with Crippen LogP contribution < -0.4 is 5.32 Å². The first-order chi connectivity index (χ1) is 15.7. The van der Waals surface area contributed by atoms with E-state index in [1.54, 1.807) is 18.2 Å². The molecule has 3 heterocycles. The fourth-order valence-corrected chi connectivity index (χ4v) is 3.85. The quantitative estimate of drug-likeness (QED) is 0.473. The van der Waals surface area contributed by atoms with Crippen molar-refractivity contribution in [2.75, 3.05) is 5.32 Å². The van der Waals surface area contributed by atoms with Gasteiger partial charge in [-0.05, 0) is 56.5 Å². The number of alkyl halides is 3. The molecule has 170 valence electrons. The van der Waals surface area contributed by atoms with Gasteiger partial charge < -0.3 is 5.32 Å². The molecule has 10 heteroatoms. The zero-order chi connectivity index (χ0) is 23.3. The third kappa shape index (κ3) is 4.33. The summed E-state index contributed by atoms with van der Waals surface area (Å²) in [5.41, 5.74) is 2.70. The van der Waals surface area contributed by atoms with Gasteiger partial charge in [-0.3, -0.25) is 9.48 Å². The average Bonchev–Trinajstić information content (AvgIpc) is 3.42. The highest BCUT2D eigenvalue weighted by atomic mass is 19.4. The van der Waals surface area contributed by atoms with E-state index >= 15 is 0 Å². The molecule has 5 rings (SSSR count). The highest BCUT2D eigenvalue weighted by molar-refractivity contribution is 6.03. The first kappa shape index (κ1) is 21.2. The van der Waals surface area contributed by atoms with Crippen LogP contribution >= 0.6 is 0 Å². The summed E-state index contributed by atoms with van der Waals surface area (Å²) in [5, 5.41) is 11.1. The van der Waals surface area contributed by atoms with Crippen molar-refractivity contribution in [1.82, 2.24) is 24.4 Å². The van der Waals surface area contributed by atoms with Gasteiger partial charge in [-0.25, -0.2) is 9.50 Å². The van der Waals surface area contributed by atoms with E-state index in [4.69, 9.17) is 0 Å². The number of rotatable bonds is 5. The molecule has 4 aromatic rings. The Kier molecular flexibility index (Phi) is 4.95. The highest BCUT2D eigenvalue weighted by Gasteiger charge is 2.37. The number of carbonyl (C=O) groups is 1. The normalized spacial score (nSPS) is 14.1. The summed E-state index contributed by atoms with van der Waals surface area (Å²) in [4.78, 5) is 17.1. The first-order valence-corrected chi connectivity index (χ1v) is 10.6. The molecule has 1 aliphatic carbocycles. The minimum absolute atomic E-state index is 0.00940. The van der Waals surface area contributed by atoms with Crippen LogP contribution in [0, 0.1) is 13.8 Å². The van der Waals surface area contributed by atoms with Crippen LogP contribution in [0.1, 0.15) is 57.6 Å². The van der Waals surface area contributed by atoms with E-state index in [0.717, 1.165) is 35.9 Å². The van der Waals surface area contributed by atoms with E-state index in [2.05, 4.69) is 20.5 Å². The first-order valence-electron chi connectivity index (χ1n) is 10.6. The van der Waals surface area contributed by atoms with Gasteiger partial charge in [0.25, 0.3) is 5.91 Å². The lowest BCUT2D eigenvalue weighted by Gasteiger charge is -2.10. The van der Waals surface area contributed by atoms with Crippen molar-refractivity contribution < 1.29 is 18.0 Å². The molecular weight excluding hydrogens is 433 g/mol. The summed E-state index contributed by atoms with van der Waals surface area (Å²) in [6, 6.07) is 11.5. The monoisotopic (exact) mass is 454 g/mol. The smallest absolute Gasteiger partial charge is 0.321 e. The maximum absolute atomic E-state index is 13.6. The zero-order valence-electron chi connectivity index (χ0n) is 18.0. The number of aryl methyl sites for hydroxylation is 2. The second kappa shape index (κ2) is 7.72. The summed E-state index contributed by atoms with van der Waals surface area (Å²) < 4.78 is 43.3. The van der Waals surface area contributed by atoms with Crippen LogP contribution in [0.15, 0.2) is 42.5 Å². The number of hydrogen-bond donors (Lipinski definition) is 1. The summed E-state index contributed by atoms with van der Waals surface area (Å²) in [6.07, 6.45) is -2.98. The molecule has 0 radical (unpaired) electrons. The van der Waals surface area contributed by atoms with Gasteiger partial charge in [-0.15, -0.1) is 0 Å². The van der Waals surface area contributed by atoms with E-state index in [0.29, 0.717) is 22.4 Å². The summed E-state index contributed by atoms with van der Waals surface area (Å²) in [5.74, 6) is -0.571. The van der Waals surface area contributed by atoms with Gasteiger partial charge in [0.2, 0.25) is 0 Å². The van der Waals surface area contributed by atoms with Crippen LogP contribution in [0.4, 0.5) is 18.9 Å². The number of benzene rings is 1. The molecule has 0 saturated heterocycles. The molecule has 1 saturated carbocycles. The van der Waals surface area contributed by atoms with E-state index < -0.39 is 17.8 Å². The van der Waals surface area contributed by atoms with Gasteiger partial charge >= 0.3 is 6.18 Å². The molecular formula is C23H21F3N6O. The largest absolute Gasteiger partial charge is 0.433 e. The van der Waals surface area contributed by atoms with Crippen molar-refractivity contribution in [1.29, 1.82) is 0 Å². The van der Waals surface area contributed by atoms with Gasteiger partial charge in [0, 0.05) is 29.1 Å². The molecule has 0 spiro atoms. The van der Waals surface area contributed by atoms with Crippen LogP contribution in [-0.4, -0.2) is 30.3 Å². The molecule has 1 N–H and O–H groups in total. The molecule has 1 fully saturated rings. The molecule has 0 bridgehead atoms. The Morgan fingerprint density at radius 1 is 1.12 bits per heavy atom. The number of halogens is 3. The average molecular weight is 454 g/mol. The molecule has 7 nitrogen and oxygen atoms in total. The molecule has 1 aromatic carbocycles. The van der Waals surface area contributed by atoms with Crippen molar-refractivity contribution in [3.8, 4) is 0 Å². The third-order valence-electron chi connectivity index (χ3n) is 5.59. The Hall–Kier alpha value is -3.69. The minimum atomic E-state index is -4.61. The second-order valence-electron chi connectivity index (χ2n) is 8.38. The molecule has 1 amide bonds. The SMILES string of the molecule is Cc1cc(C)n(Cc2cccc(NC(=O)c3cc4nc(C5CC5)cc(C(F)(F)F)n4n3)c2)n1. The van der Waals surface area contributed by atoms with Gasteiger partial charge in [0.15, 0.2) is 11.3 Å². The second-order valence-corrected chi connectivity index (χ2v) is 8.38. The van der Waals surface area contributed by atoms with Crippen molar-refractivity contribution in [3.05, 3.63) is 76.5 Å². The zero-order valence-corrected chi connectivity index (χ0v) is 18.0. The molecule has 0 unspecified atom stereocenters. The molecule has 3 aromatic heterocycles. The van der Waals surface area contributed by atoms with Crippen LogP contribution in [0.2, 0.25) is 0 Å². The van der Waals surface area contributed by atoms with Crippen molar-refractivity contribution in [2.24, 2.45) is 0 Å². The van der Waals surface area contributed by atoms with Crippen LogP contribution in [0.25, 0.3) is 5.65 Å². The Balaban J connectivity index is 1.41. The fourth-order valence-electron chi connectivity index (χ4n) is 3.85. The molecule has 0 atom stereocenters. The number of fused-ring (bicyclic) bond motifs is 1. The predicted molar refractivity (Wildman–Crippen MR) is 115 cm³/mol. The molecule has 0 aliphatic heterocycles. The van der Waals surface area contributed by atoms with Crippen LogP contribution in [0.5, 0.6) is 0 Å². The number of nitrogens with zero attached hydrogens (tertiary/aromatic N) is 5. The molecule has 1 aliphatic rings. The Morgan fingerprint density at radius 2 is 1.91 bits per heavy atom. The van der Waals surface area contributed by atoms with Gasteiger partial charge in [-0.1, -0.05) is 12.1 Å². The topological polar surface area (TPSA) is 77.1 Å². The lowest BCUT2D eigenvalue weighted by molar-refractivity contribution is -0.142. The Labute approximate surface area is 187 Å².